The maximum absolute atomic E-state index is 15.2. The van der Waals surface area contributed by atoms with Crippen molar-refractivity contribution >= 4 is 37.3 Å². The molecular weight excluding hydrogens is 478 g/mol. The zero-order valence-electron chi connectivity index (χ0n) is 20.9. The second-order valence-corrected chi connectivity index (χ2v) is 14.2. The summed E-state index contributed by atoms with van der Waals surface area (Å²) in [6.07, 6.45) is 2.03. The molecule has 1 fully saturated rings. The van der Waals surface area contributed by atoms with E-state index < -0.39 is 32.8 Å². The molecule has 0 radical (unpaired) electrons. The predicted octanol–water partition coefficient (Wildman–Crippen LogP) is 4.88. The van der Waals surface area contributed by atoms with E-state index in [0.29, 0.717) is 24.6 Å². The Morgan fingerprint density at radius 3 is 2.03 bits per heavy atom. The highest BCUT2D eigenvalue weighted by atomic mass is 31.2. The molecule has 0 aromatic heterocycles. The average molecular weight is 517 g/mol. The quantitative estimate of drug-likeness (QED) is 0.257. The largest absolute Gasteiger partial charge is 0.400 e. The summed E-state index contributed by atoms with van der Waals surface area (Å²) in [5, 5.41) is 1.63. The van der Waals surface area contributed by atoms with Crippen LogP contribution in [0.4, 0.5) is 4.39 Å². The van der Waals surface area contributed by atoms with Crippen LogP contribution in [0.2, 0.25) is 13.1 Å². The van der Waals surface area contributed by atoms with Crippen LogP contribution in [0.3, 0.4) is 0 Å². The van der Waals surface area contributed by atoms with E-state index in [-0.39, 0.29) is 17.6 Å². The van der Waals surface area contributed by atoms with Crippen LogP contribution in [-0.4, -0.2) is 38.1 Å². The molecule has 0 N–H and O–H groups in total. The second-order valence-electron chi connectivity index (χ2n) is 9.52. The minimum Gasteiger partial charge on any atom is -0.400 e. The Balaban J connectivity index is 1.93. The molecule has 7 heteroatoms. The van der Waals surface area contributed by atoms with Gasteiger partial charge in [-0.05, 0) is 29.9 Å². The van der Waals surface area contributed by atoms with Gasteiger partial charge in [0.1, 0.15) is 19.6 Å². The van der Waals surface area contributed by atoms with Gasteiger partial charge < -0.3 is 13.4 Å². The van der Waals surface area contributed by atoms with Crippen LogP contribution < -0.4 is 10.6 Å². The van der Waals surface area contributed by atoms with Crippen molar-refractivity contribution < 1.29 is 17.8 Å². The van der Waals surface area contributed by atoms with Crippen LogP contribution in [0, 0.1) is 11.3 Å². The van der Waals surface area contributed by atoms with Gasteiger partial charge in [-0.25, -0.2) is 4.39 Å². The molecule has 2 aromatic rings. The lowest BCUT2D eigenvalue weighted by Crippen LogP contribution is -2.44. The van der Waals surface area contributed by atoms with Crippen LogP contribution in [0.15, 0.2) is 84.5 Å². The third-order valence-corrected chi connectivity index (χ3v) is 11.2. The topological polar surface area (TPSA) is 35.5 Å². The Bertz CT molecular complexity index is 977. The molecule has 2 aromatic carbocycles. The molecule has 1 saturated carbocycles. The van der Waals surface area contributed by atoms with Gasteiger partial charge in [-0.15, -0.1) is 0 Å². The summed E-state index contributed by atoms with van der Waals surface area (Å²) < 4.78 is 41.8. The van der Waals surface area contributed by atoms with Gasteiger partial charge in [-0.2, -0.15) is 0 Å². The minimum atomic E-state index is -2.92. The lowest BCUT2D eigenvalue weighted by Gasteiger charge is -2.44. The summed E-state index contributed by atoms with van der Waals surface area (Å²) in [7, 11) is -4.23. The van der Waals surface area contributed by atoms with Crippen molar-refractivity contribution in [3.63, 3.8) is 0 Å². The maximum atomic E-state index is 15.2. The maximum Gasteiger partial charge on any atom is 0.161 e. The summed E-state index contributed by atoms with van der Waals surface area (Å²) in [5.74, 6) is 0.0539. The Morgan fingerprint density at radius 1 is 1.06 bits per heavy atom. The fourth-order valence-electron chi connectivity index (χ4n) is 4.76. The van der Waals surface area contributed by atoms with E-state index >= 15 is 4.39 Å². The van der Waals surface area contributed by atoms with Crippen molar-refractivity contribution in [3.05, 3.63) is 84.5 Å². The number of allylic oxidation sites excluding steroid dienone is 3. The van der Waals surface area contributed by atoms with Gasteiger partial charge in [-0.3, -0.25) is 0 Å². The van der Waals surface area contributed by atoms with Crippen molar-refractivity contribution in [1.82, 2.24) is 0 Å². The summed E-state index contributed by atoms with van der Waals surface area (Å²) in [5.41, 5.74) is 1.08. The summed E-state index contributed by atoms with van der Waals surface area (Å²) >= 11 is 0. The average Bonchev–Trinajstić information content (AvgIpc) is 2.85. The fourth-order valence-corrected chi connectivity index (χ4v) is 9.12. The van der Waals surface area contributed by atoms with E-state index in [4.69, 9.17) is 8.85 Å². The summed E-state index contributed by atoms with van der Waals surface area (Å²) in [6, 6.07) is 19.2. The number of hydrogen-bond acceptors (Lipinski definition) is 3. The molecule has 2 atom stereocenters. The number of benzene rings is 2. The molecule has 1 aliphatic rings. The molecule has 0 aliphatic heterocycles. The van der Waals surface area contributed by atoms with Gasteiger partial charge in [0.25, 0.3) is 0 Å². The van der Waals surface area contributed by atoms with Crippen LogP contribution in [0.25, 0.3) is 0 Å². The number of hydrogen-bond donors (Lipinski definition) is 0. The first-order chi connectivity index (χ1) is 16.2. The summed E-state index contributed by atoms with van der Waals surface area (Å²) in [6.45, 7) is 12.5. The van der Waals surface area contributed by atoms with Crippen molar-refractivity contribution in [2.45, 2.75) is 52.2 Å². The van der Waals surface area contributed by atoms with Crippen molar-refractivity contribution in [1.29, 1.82) is 0 Å². The van der Waals surface area contributed by atoms with Gasteiger partial charge in [0.05, 0.1) is 0 Å². The van der Waals surface area contributed by atoms with Crippen LogP contribution in [0.5, 0.6) is 0 Å². The highest BCUT2D eigenvalue weighted by molar-refractivity contribution is 7.78. The molecule has 0 heterocycles. The van der Waals surface area contributed by atoms with E-state index in [9.17, 15) is 4.57 Å². The minimum absolute atomic E-state index is 0.0539. The molecule has 34 heavy (non-hydrogen) atoms. The summed E-state index contributed by atoms with van der Waals surface area (Å²) in [4.78, 5) is 0. The van der Waals surface area contributed by atoms with Gasteiger partial charge >= 0.3 is 0 Å². The van der Waals surface area contributed by atoms with Gasteiger partial charge in [0.2, 0.25) is 0 Å². The van der Waals surface area contributed by atoms with Gasteiger partial charge in [0.15, 0.2) is 19.5 Å². The van der Waals surface area contributed by atoms with Crippen LogP contribution >= 0.6 is 7.14 Å². The van der Waals surface area contributed by atoms with Crippen molar-refractivity contribution in [3.8, 4) is 0 Å². The lowest BCUT2D eigenvalue weighted by molar-refractivity contribution is -0.109. The predicted molar refractivity (Wildman–Crippen MR) is 148 cm³/mol. The van der Waals surface area contributed by atoms with E-state index in [0.717, 1.165) is 16.2 Å². The first kappa shape index (κ1) is 27.0. The molecule has 0 bridgehead atoms. The van der Waals surface area contributed by atoms with Crippen LogP contribution in [-0.2, 0) is 13.4 Å². The van der Waals surface area contributed by atoms with Gasteiger partial charge in [-0.1, -0.05) is 100 Å². The van der Waals surface area contributed by atoms with E-state index in [1.54, 1.807) is 0 Å². The molecule has 2 unspecified atom stereocenters. The van der Waals surface area contributed by atoms with Gasteiger partial charge in [0, 0.05) is 22.2 Å². The molecule has 3 nitrogen and oxygen atoms in total. The zero-order valence-corrected chi connectivity index (χ0v) is 24.6. The highest BCUT2D eigenvalue weighted by Crippen LogP contribution is 2.48. The van der Waals surface area contributed by atoms with Crippen molar-refractivity contribution in [2.75, 3.05) is 6.16 Å². The zero-order chi connectivity index (χ0) is 24.8. The molecule has 184 valence electrons. The Labute approximate surface area is 209 Å². The standard InChI is InChI=1S/C27H38FO3PSi2/c1-20-21(18-22(19-25(20)28)27(2,3)26(30-33-4)31-34-5)16-17-32(29,23-12-8-6-9-13-23)24-14-10-7-11-15-24/h6-16,22,25-26H,1,17-19,33-34H2,2-5H3/b21-16-. The molecule has 0 spiro atoms. The Kier molecular flexibility index (Phi) is 9.47. The molecule has 1 aliphatic carbocycles. The lowest BCUT2D eigenvalue weighted by atomic mass is 9.67. The number of alkyl halides is 1. The molecule has 3 rings (SSSR count). The number of halogens is 1. The smallest absolute Gasteiger partial charge is 0.161 e. The third kappa shape index (κ3) is 5.97. The highest BCUT2D eigenvalue weighted by Gasteiger charge is 2.43. The Hall–Kier alpha value is -1.57. The van der Waals surface area contributed by atoms with E-state index in [2.05, 4.69) is 33.5 Å². The Morgan fingerprint density at radius 2 is 1.56 bits per heavy atom. The molecule has 0 saturated heterocycles. The second kappa shape index (κ2) is 11.9. The third-order valence-electron chi connectivity index (χ3n) is 6.99. The normalized spacial score (nSPS) is 22.3. The first-order valence-corrected chi connectivity index (χ1v) is 18.1. The fraction of sp³-hybridized carbons (Fsp3) is 0.407. The van der Waals surface area contributed by atoms with E-state index in [1.807, 2.05) is 66.7 Å². The van der Waals surface area contributed by atoms with Crippen LogP contribution in [0.1, 0.15) is 26.7 Å². The first-order valence-electron chi connectivity index (χ1n) is 12.2. The SMILES string of the molecule is C=C1/C(=C\CP(=O)(c2ccccc2)c2ccccc2)CC(C(C)(C)C(O[SiH2]C)O[SiH2]C)CC1F. The number of rotatable bonds is 10. The molecule has 0 amide bonds. The molecular formula is C27H38FO3PSi2. The van der Waals surface area contributed by atoms with Crippen molar-refractivity contribution in [2.24, 2.45) is 11.3 Å². The van der Waals surface area contributed by atoms with E-state index in [1.165, 1.54) is 0 Å². The monoisotopic (exact) mass is 516 g/mol.